The van der Waals surface area contributed by atoms with E-state index < -0.39 is 194 Å². The molecule has 5 heterocycles. The Morgan fingerprint density at radius 3 is 1.96 bits per heavy atom. The topological polar surface area (TPSA) is 465 Å². The number of hydrogen-bond acceptors (Lipinski definition) is 17. The van der Waals surface area contributed by atoms with Crippen molar-refractivity contribution in [2.45, 2.75) is 177 Å². The second-order valence-corrected chi connectivity index (χ2v) is 23.6. The summed E-state index contributed by atoms with van der Waals surface area (Å²) in [5, 5.41) is 46.2. The molecule has 4 aliphatic rings. The van der Waals surface area contributed by atoms with Crippen LogP contribution in [0.1, 0.15) is 96.6 Å². The van der Waals surface area contributed by atoms with Gasteiger partial charge in [-0.2, -0.15) is 0 Å². The normalized spacial score (nSPS) is 27.7. The first-order valence-electron chi connectivity index (χ1n) is 30.2. The summed E-state index contributed by atoms with van der Waals surface area (Å²) in [7, 11) is 0. The maximum Gasteiger partial charge on any atom is 0.326 e. The van der Waals surface area contributed by atoms with Gasteiger partial charge in [-0.3, -0.25) is 62.3 Å². The average molecular weight is 1270 g/mol. The molecule has 1 aromatic heterocycles. The number of benzene rings is 2. The zero-order chi connectivity index (χ0) is 66.2. The molecule has 31 nitrogen and oxygen atoms in total. The second kappa shape index (κ2) is 31.8. The van der Waals surface area contributed by atoms with Crippen molar-refractivity contribution in [3.05, 3.63) is 71.9 Å². The zero-order valence-corrected chi connectivity index (χ0v) is 50.8. The van der Waals surface area contributed by atoms with Gasteiger partial charge in [0.1, 0.15) is 79.2 Å². The fourth-order valence-corrected chi connectivity index (χ4v) is 10.9. The van der Waals surface area contributed by atoms with Crippen LogP contribution in [0.5, 0.6) is 0 Å². The number of quaternary nitrogens is 1. The molecule has 4 aliphatic heterocycles. The molecule has 0 unspecified atom stereocenters. The summed E-state index contributed by atoms with van der Waals surface area (Å²) in [5.74, 6) is -16.5. The number of rotatable bonds is 10. The molecule has 31 heteroatoms. The molecule has 13 atom stereocenters. The lowest BCUT2D eigenvalue weighted by atomic mass is 10.00. The Labute approximate surface area is 522 Å². The number of H-pyrrole nitrogens is 1. The predicted octanol–water partition coefficient (Wildman–Crippen LogP) is -4.60. The van der Waals surface area contributed by atoms with Gasteiger partial charge in [0, 0.05) is 43.0 Å². The third-order valence-electron chi connectivity index (χ3n) is 16.0. The number of ether oxygens (including phenoxy) is 2. The van der Waals surface area contributed by atoms with Gasteiger partial charge in [-0.15, -0.1) is 0 Å². The lowest BCUT2D eigenvalue weighted by molar-refractivity contribution is -0.419. The van der Waals surface area contributed by atoms with Gasteiger partial charge in [0.05, 0.1) is 19.3 Å². The number of para-hydroxylation sites is 1. The lowest BCUT2D eigenvalue weighted by Crippen LogP contribution is -2.73. The first-order chi connectivity index (χ1) is 43.3. The molecule has 4 saturated heterocycles. The molecular formula is C60H80N13O18+. The SMILES string of the molecule is CC(C)C[C@@H]1NC(=O)[C@@H](NC(=O)[C@@H]([NH3+])[C@@H](C)O)[C@@H](C)OC(=O)C[C@@H]2NC(=O)[C@@H]3COC(=O)C[C@H](NC(=O)[C@H](Cc4c[nH]c5ccccc45)NC2=O)C(=O)N[C@H](C(=O)O)CC(=O)NCCCC[C@H](NC1=O)C(=O)N[C@@H](Cc1ccccc1)C(=O)N1CCC[C@H]1C(=O)N3. The third kappa shape index (κ3) is 19.0. The number of aliphatic hydroxyl groups is 1. The van der Waals surface area contributed by atoms with E-state index in [1.54, 1.807) is 68.4 Å². The van der Waals surface area contributed by atoms with Crippen LogP contribution in [0.3, 0.4) is 0 Å². The average Bonchev–Trinajstić information content (AvgIpc) is 2.15. The standard InChI is InChI=1S/C60H79N13O18/c1-29(2)21-37-51(79)64-36-17-10-11-19-62-45(75)24-42(60(88)89)70-54(82)39-25-46(76)90-28-43(71-56(84)44-18-12-20-73(44)59(87)41(69-50(36)78)22-32-13-6-5-7-14-32)55(83)67-40(26-47(77)91-31(4)49(58(86)68-37)72-57(85)48(61)30(3)74)53(81)65-38(52(80)66-39)23-33-27-63-35-16-9-8-15-34(33)35/h5-9,13-16,27,29-31,36-44,48-49,63,74H,10-12,17-26,28,61H2,1-4H3,(H,62,75)(H,64,79)(H,65,81)(H,66,80)(H,67,83)(H,68,86)(H,69,78)(H,70,82)(H,71,84)(H,72,85)(H,88,89)/p+1/t30-,31-,36+,37+,38+,39+,40+,41+,42+,43+,44+,48+,49+/m1/s1. The van der Waals surface area contributed by atoms with E-state index in [0.29, 0.717) is 22.0 Å². The molecule has 2 aromatic carbocycles. The molecule has 4 bridgehead atoms. The number of nitrogens with one attached hydrogen (secondary N) is 11. The molecule has 3 aromatic rings. The summed E-state index contributed by atoms with van der Waals surface area (Å²) in [6.07, 6.45) is -5.26. The highest BCUT2D eigenvalue weighted by Crippen LogP contribution is 2.23. The van der Waals surface area contributed by atoms with Gasteiger partial charge < -0.3 is 88.5 Å². The quantitative estimate of drug-likeness (QED) is 0.0850. The number of aliphatic hydroxyl groups excluding tert-OH is 1. The van der Waals surface area contributed by atoms with E-state index in [4.69, 9.17) is 9.47 Å². The first-order valence-corrected chi connectivity index (χ1v) is 30.2. The van der Waals surface area contributed by atoms with Crippen LogP contribution in [-0.4, -0.2) is 201 Å². The summed E-state index contributed by atoms with van der Waals surface area (Å²) < 4.78 is 11.3. The van der Waals surface area contributed by atoms with E-state index in [1.807, 2.05) is 0 Å². The van der Waals surface area contributed by atoms with Crippen LogP contribution in [0.2, 0.25) is 0 Å². The van der Waals surface area contributed by atoms with Crippen molar-refractivity contribution in [1.82, 2.24) is 63.1 Å². The highest BCUT2D eigenvalue weighted by Gasteiger charge is 2.43. The maximum absolute atomic E-state index is 15.1. The Morgan fingerprint density at radius 1 is 0.648 bits per heavy atom. The molecule has 16 N–H and O–H groups in total. The van der Waals surface area contributed by atoms with Crippen molar-refractivity contribution >= 4 is 93.8 Å². The predicted molar refractivity (Wildman–Crippen MR) is 317 cm³/mol. The molecule has 0 spiro atoms. The van der Waals surface area contributed by atoms with Crippen molar-refractivity contribution in [3.8, 4) is 0 Å². The van der Waals surface area contributed by atoms with Crippen molar-refractivity contribution in [1.29, 1.82) is 0 Å². The fourth-order valence-electron chi connectivity index (χ4n) is 10.9. The van der Waals surface area contributed by atoms with E-state index in [1.165, 1.54) is 24.9 Å². The highest BCUT2D eigenvalue weighted by molar-refractivity contribution is 6.01. The van der Waals surface area contributed by atoms with Crippen molar-refractivity contribution in [3.63, 3.8) is 0 Å². The van der Waals surface area contributed by atoms with Gasteiger partial charge in [-0.25, -0.2) is 4.79 Å². The minimum Gasteiger partial charge on any atom is -0.480 e. The molecule has 0 saturated carbocycles. The minimum absolute atomic E-state index is 0.00746. The Kier molecular flexibility index (Phi) is 24.1. The number of fused-ring (bicyclic) bond motifs is 12. The van der Waals surface area contributed by atoms with E-state index >= 15 is 4.79 Å². The highest BCUT2D eigenvalue weighted by atomic mass is 16.5. The number of cyclic esters (lactones) is 1. The summed E-state index contributed by atoms with van der Waals surface area (Å²) in [6, 6.07) is -3.83. The molecule has 7 rings (SSSR count). The van der Waals surface area contributed by atoms with Crippen LogP contribution < -0.4 is 58.9 Å². The minimum atomic E-state index is -2.11. The fraction of sp³-hybridized carbons (Fsp3) is 0.533. The molecule has 11 amide bonds. The molecule has 492 valence electrons. The van der Waals surface area contributed by atoms with Gasteiger partial charge in [0.25, 0.3) is 5.91 Å². The number of aromatic amines is 1. The number of carbonyl (C=O) groups excluding carboxylic acids is 13. The Hall–Kier alpha value is -9.52. The van der Waals surface area contributed by atoms with Gasteiger partial charge in [0.2, 0.25) is 59.1 Å². The van der Waals surface area contributed by atoms with Crippen LogP contribution in [0, 0.1) is 5.92 Å². The molecule has 0 aliphatic carbocycles. The Balaban J connectivity index is 1.41. The summed E-state index contributed by atoms with van der Waals surface area (Å²) in [6.45, 7) is 4.55. The van der Waals surface area contributed by atoms with Crippen LogP contribution in [0.15, 0.2) is 60.8 Å². The van der Waals surface area contributed by atoms with Gasteiger partial charge in [-0.05, 0) is 75.5 Å². The molecule has 91 heavy (non-hydrogen) atoms. The van der Waals surface area contributed by atoms with Gasteiger partial charge in [0.15, 0.2) is 6.04 Å². The van der Waals surface area contributed by atoms with Crippen LogP contribution >= 0.6 is 0 Å². The number of carboxylic acids is 1. The number of nitrogens with zero attached hydrogens (tertiary/aromatic N) is 1. The Morgan fingerprint density at radius 2 is 1.25 bits per heavy atom. The second-order valence-electron chi connectivity index (χ2n) is 23.6. The number of esters is 2. The van der Waals surface area contributed by atoms with Crippen molar-refractivity contribution in [2.75, 3.05) is 19.7 Å². The van der Waals surface area contributed by atoms with E-state index in [9.17, 15) is 72.5 Å². The summed E-state index contributed by atoms with van der Waals surface area (Å²) in [5.41, 5.74) is 5.20. The number of aromatic nitrogens is 1. The molecular weight excluding hydrogens is 1190 g/mol. The maximum atomic E-state index is 15.1. The number of hydrogen-bond donors (Lipinski definition) is 14. The van der Waals surface area contributed by atoms with Crippen LogP contribution in [0.25, 0.3) is 10.9 Å². The monoisotopic (exact) mass is 1270 g/mol. The largest absolute Gasteiger partial charge is 0.480 e. The third-order valence-corrected chi connectivity index (χ3v) is 16.0. The van der Waals surface area contributed by atoms with Crippen molar-refractivity contribution < 1.29 is 92.5 Å². The molecule has 0 radical (unpaired) electrons. The summed E-state index contributed by atoms with van der Waals surface area (Å²) in [4.78, 5) is 206. The lowest BCUT2D eigenvalue weighted by Gasteiger charge is -2.31. The van der Waals surface area contributed by atoms with Crippen LogP contribution in [-0.2, 0) is 89.4 Å². The number of aliphatic carboxylic acids is 1. The Bertz CT molecular complexity index is 3230. The zero-order valence-electron chi connectivity index (χ0n) is 50.8. The first kappa shape index (κ1) is 69.0. The number of carboxylic acid groups (broad SMARTS) is 1. The number of carbonyl (C=O) groups is 14. The van der Waals surface area contributed by atoms with Gasteiger partial charge >= 0.3 is 17.9 Å². The van der Waals surface area contributed by atoms with E-state index in [0.717, 1.165) is 0 Å². The summed E-state index contributed by atoms with van der Waals surface area (Å²) >= 11 is 0. The number of amides is 11. The molecule has 4 fully saturated rings. The smallest absolute Gasteiger partial charge is 0.326 e. The van der Waals surface area contributed by atoms with Crippen molar-refractivity contribution in [2.24, 2.45) is 5.92 Å². The van der Waals surface area contributed by atoms with E-state index in [-0.39, 0.29) is 64.0 Å². The van der Waals surface area contributed by atoms with Gasteiger partial charge in [-0.1, -0.05) is 62.4 Å². The van der Waals surface area contributed by atoms with Crippen LogP contribution in [0.4, 0.5) is 0 Å². The van der Waals surface area contributed by atoms with E-state index in [2.05, 4.69) is 63.9 Å².